The van der Waals surface area contributed by atoms with Crippen LogP contribution in [0.4, 0.5) is 10.5 Å². The molecule has 0 bridgehead atoms. The van der Waals surface area contributed by atoms with Gasteiger partial charge in [0.1, 0.15) is 0 Å². The number of aryl methyl sites for hydroxylation is 1. The van der Waals surface area contributed by atoms with Crippen LogP contribution >= 0.6 is 0 Å². The Morgan fingerprint density at radius 1 is 1.33 bits per heavy atom. The van der Waals surface area contributed by atoms with Crippen LogP contribution in [0.5, 0.6) is 0 Å². The van der Waals surface area contributed by atoms with Crippen LogP contribution in [0.1, 0.15) is 25.8 Å². The Kier molecular flexibility index (Phi) is 4.21. The molecule has 2 rings (SSSR count). The number of carboxylic acid groups (broad SMARTS) is 1. The molecular formula is C16H22N2O3. The van der Waals surface area contributed by atoms with Gasteiger partial charge in [-0.25, -0.2) is 4.79 Å². The van der Waals surface area contributed by atoms with E-state index in [4.69, 9.17) is 0 Å². The second kappa shape index (κ2) is 5.76. The van der Waals surface area contributed by atoms with E-state index in [1.807, 2.05) is 38.1 Å². The van der Waals surface area contributed by atoms with E-state index < -0.39 is 11.4 Å². The number of nitrogens with zero attached hydrogens (tertiary/aromatic N) is 2. The number of carboxylic acids is 1. The molecule has 1 saturated heterocycles. The Labute approximate surface area is 125 Å². The van der Waals surface area contributed by atoms with Crippen LogP contribution in [-0.4, -0.2) is 41.6 Å². The summed E-state index contributed by atoms with van der Waals surface area (Å²) in [6, 6.07) is 7.66. The third kappa shape index (κ3) is 3.01. The van der Waals surface area contributed by atoms with Gasteiger partial charge in [-0.3, -0.25) is 9.69 Å². The fourth-order valence-electron chi connectivity index (χ4n) is 2.62. The van der Waals surface area contributed by atoms with Gasteiger partial charge in [0.15, 0.2) is 0 Å². The molecule has 0 aliphatic carbocycles. The Morgan fingerprint density at radius 2 is 1.95 bits per heavy atom. The number of hydrogen-bond donors (Lipinski definition) is 1. The summed E-state index contributed by atoms with van der Waals surface area (Å²) in [5.41, 5.74) is 1.15. The molecule has 1 aliphatic heterocycles. The lowest BCUT2D eigenvalue weighted by Gasteiger charge is -2.28. The van der Waals surface area contributed by atoms with Crippen LogP contribution in [0.3, 0.4) is 0 Å². The van der Waals surface area contributed by atoms with Gasteiger partial charge in [-0.1, -0.05) is 17.7 Å². The largest absolute Gasteiger partial charge is 0.481 e. The van der Waals surface area contributed by atoms with E-state index in [0.29, 0.717) is 19.5 Å². The third-order valence-electron chi connectivity index (χ3n) is 4.15. The molecule has 1 aromatic carbocycles. The molecule has 1 heterocycles. The highest BCUT2D eigenvalue weighted by atomic mass is 16.4. The lowest BCUT2D eigenvalue weighted by molar-refractivity contribution is -0.146. The van der Waals surface area contributed by atoms with Gasteiger partial charge in [0.2, 0.25) is 0 Å². The molecule has 0 radical (unpaired) electrons. The van der Waals surface area contributed by atoms with Crippen molar-refractivity contribution in [1.29, 1.82) is 0 Å². The predicted octanol–water partition coefficient (Wildman–Crippen LogP) is 2.74. The maximum atomic E-state index is 12.6. The molecule has 0 aromatic heterocycles. The molecule has 0 saturated carbocycles. The number of urea groups is 1. The number of aliphatic carboxylic acids is 1. The lowest BCUT2D eigenvalue weighted by atomic mass is 9.90. The van der Waals surface area contributed by atoms with Crippen molar-refractivity contribution in [2.24, 2.45) is 5.41 Å². The minimum Gasteiger partial charge on any atom is -0.481 e. The zero-order chi connectivity index (χ0) is 15.6. The maximum Gasteiger partial charge on any atom is 0.324 e. The van der Waals surface area contributed by atoms with Crippen molar-refractivity contribution in [3.8, 4) is 0 Å². The van der Waals surface area contributed by atoms with Crippen LogP contribution in [0, 0.1) is 12.3 Å². The second-order valence-electron chi connectivity index (χ2n) is 5.90. The Morgan fingerprint density at radius 3 is 2.43 bits per heavy atom. The van der Waals surface area contributed by atoms with Crippen molar-refractivity contribution in [2.45, 2.75) is 27.2 Å². The highest BCUT2D eigenvalue weighted by Crippen LogP contribution is 2.31. The lowest BCUT2D eigenvalue weighted by Crippen LogP contribution is -2.43. The molecule has 2 amide bonds. The molecule has 114 valence electrons. The van der Waals surface area contributed by atoms with Crippen molar-refractivity contribution in [2.75, 3.05) is 24.5 Å². The zero-order valence-electron chi connectivity index (χ0n) is 12.8. The molecule has 1 aliphatic rings. The Hall–Kier alpha value is -2.04. The molecule has 21 heavy (non-hydrogen) atoms. The van der Waals surface area contributed by atoms with E-state index in [1.54, 1.807) is 16.7 Å². The quantitative estimate of drug-likeness (QED) is 0.931. The SMILES string of the molecule is CCN(C(=O)N1CCC(C)(C(=O)O)C1)c1ccc(C)cc1. The Bertz CT molecular complexity index is 541. The predicted molar refractivity (Wildman–Crippen MR) is 81.5 cm³/mol. The molecule has 5 nitrogen and oxygen atoms in total. The van der Waals surface area contributed by atoms with Gasteiger partial charge in [-0.2, -0.15) is 0 Å². The number of benzene rings is 1. The van der Waals surface area contributed by atoms with Crippen molar-refractivity contribution in [3.63, 3.8) is 0 Å². The number of anilines is 1. The average Bonchev–Trinajstić information content (AvgIpc) is 2.86. The highest BCUT2D eigenvalue weighted by Gasteiger charge is 2.43. The molecule has 5 heteroatoms. The summed E-state index contributed by atoms with van der Waals surface area (Å²) in [6.07, 6.45) is 0.500. The van der Waals surface area contributed by atoms with Crippen molar-refractivity contribution in [1.82, 2.24) is 4.90 Å². The Balaban J connectivity index is 2.15. The van der Waals surface area contributed by atoms with Gasteiger partial charge in [0, 0.05) is 25.3 Å². The van der Waals surface area contributed by atoms with Crippen molar-refractivity contribution < 1.29 is 14.7 Å². The third-order valence-corrected chi connectivity index (χ3v) is 4.15. The molecule has 1 fully saturated rings. The van der Waals surface area contributed by atoms with Gasteiger partial charge < -0.3 is 10.0 Å². The number of likely N-dealkylation sites (tertiary alicyclic amines) is 1. The first-order chi connectivity index (χ1) is 9.87. The van der Waals surface area contributed by atoms with Gasteiger partial charge >= 0.3 is 12.0 Å². The summed E-state index contributed by atoms with van der Waals surface area (Å²) in [5, 5.41) is 9.26. The first-order valence-corrected chi connectivity index (χ1v) is 7.24. The normalized spacial score (nSPS) is 21.4. The zero-order valence-corrected chi connectivity index (χ0v) is 12.8. The van der Waals surface area contributed by atoms with E-state index >= 15 is 0 Å². The molecular weight excluding hydrogens is 268 g/mol. The molecule has 1 N–H and O–H groups in total. The number of carbonyl (C=O) groups excluding carboxylic acids is 1. The number of carbonyl (C=O) groups is 2. The molecule has 1 atom stereocenters. The number of hydrogen-bond acceptors (Lipinski definition) is 2. The van der Waals surface area contributed by atoms with Gasteiger partial charge in [-0.15, -0.1) is 0 Å². The monoisotopic (exact) mass is 290 g/mol. The van der Waals surface area contributed by atoms with Crippen molar-refractivity contribution >= 4 is 17.7 Å². The van der Waals surface area contributed by atoms with E-state index in [1.165, 1.54) is 0 Å². The summed E-state index contributed by atoms with van der Waals surface area (Å²) in [5.74, 6) is -0.837. The van der Waals surface area contributed by atoms with E-state index in [2.05, 4.69) is 0 Å². The van der Waals surface area contributed by atoms with Gasteiger partial charge in [0.25, 0.3) is 0 Å². The summed E-state index contributed by atoms with van der Waals surface area (Å²) < 4.78 is 0. The van der Waals surface area contributed by atoms with E-state index in [0.717, 1.165) is 11.3 Å². The van der Waals surface area contributed by atoms with Crippen LogP contribution in [0.15, 0.2) is 24.3 Å². The molecule has 1 aromatic rings. The molecule has 1 unspecified atom stereocenters. The number of amides is 2. The highest BCUT2D eigenvalue weighted by molar-refractivity contribution is 5.92. The number of rotatable bonds is 3. The summed E-state index contributed by atoms with van der Waals surface area (Å²) in [4.78, 5) is 27.2. The van der Waals surface area contributed by atoms with Crippen molar-refractivity contribution in [3.05, 3.63) is 29.8 Å². The summed E-state index contributed by atoms with van der Waals surface area (Å²) >= 11 is 0. The standard InChI is InChI=1S/C16H22N2O3/c1-4-18(13-7-5-12(2)6-8-13)15(21)17-10-9-16(3,11-17)14(19)20/h5-8H,4,9-11H2,1-3H3,(H,19,20). The maximum absolute atomic E-state index is 12.6. The van der Waals surface area contributed by atoms with Gasteiger partial charge in [-0.05, 0) is 39.3 Å². The minimum atomic E-state index is -0.837. The van der Waals surface area contributed by atoms with Crippen LogP contribution in [0.25, 0.3) is 0 Å². The fraction of sp³-hybridized carbons (Fsp3) is 0.500. The first-order valence-electron chi connectivity index (χ1n) is 7.24. The minimum absolute atomic E-state index is 0.119. The fourth-order valence-corrected chi connectivity index (χ4v) is 2.62. The summed E-state index contributed by atoms with van der Waals surface area (Å²) in [6.45, 7) is 6.94. The van der Waals surface area contributed by atoms with Crippen LogP contribution in [0.2, 0.25) is 0 Å². The van der Waals surface area contributed by atoms with E-state index in [9.17, 15) is 14.7 Å². The van der Waals surface area contributed by atoms with Crippen LogP contribution < -0.4 is 4.90 Å². The topological polar surface area (TPSA) is 60.9 Å². The average molecular weight is 290 g/mol. The molecule has 0 spiro atoms. The first kappa shape index (κ1) is 15.4. The second-order valence-corrected chi connectivity index (χ2v) is 5.90. The van der Waals surface area contributed by atoms with Gasteiger partial charge in [0.05, 0.1) is 5.41 Å². The van der Waals surface area contributed by atoms with E-state index in [-0.39, 0.29) is 12.6 Å². The van der Waals surface area contributed by atoms with Crippen LogP contribution in [-0.2, 0) is 4.79 Å². The summed E-state index contributed by atoms with van der Waals surface area (Å²) in [7, 11) is 0. The smallest absolute Gasteiger partial charge is 0.324 e.